The fourth-order valence-corrected chi connectivity index (χ4v) is 3.69. The molecule has 0 spiro atoms. The highest BCUT2D eigenvalue weighted by atomic mass is 16.5. The van der Waals surface area contributed by atoms with Gasteiger partial charge in [0.05, 0.1) is 6.04 Å². The average molecular weight is 326 g/mol. The van der Waals surface area contributed by atoms with Gasteiger partial charge in [-0.2, -0.15) is 0 Å². The van der Waals surface area contributed by atoms with Crippen molar-refractivity contribution in [2.45, 2.75) is 37.8 Å². The molecule has 2 aliphatic heterocycles. The number of hydrogen-bond donors (Lipinski definition) is 1. The standard InChI is InChI=1S/C17H22N6O/c1-3-14(23(10-1)13-4-11-24-12-5-13)15-16(19-9-8-18-15)22-17-20-6-2-7-21-17/h2,6-9,13-14H,1,3-5,10-12H2,(H,19,20,21,22)/t14-/m1/s1. The van der Waals surface area contributed by atoms with Crippen LogP contribution >= 0.6 is 0 Å². The summed E-state index contributed by atoms with van der Waals surface area (Å²) in [4.78, 5) is 20.2. The number of rotatable bonds is 4. The van der Waals surface area contributed by atoms with E-state index in [-0.39, 0.29) is 0 Å². The van der Waals surface area contributed by atoms with E-state index in [1.165, 1.54) is 6.42 Å². The topological polar surface area (TPSA) is 76.1 Å². The van der Waals surface area contributed by atoms with Crippen molar-refractivity contribution in [3.05, 3.63) is 36.5 Å². The lowest BCUT2D eigenvalue weighted by atomic mass is 10.0. The molecule has 2 aromatic rings. The lowest BCUT2D eigenvalue weighted by Crippen LogP contribution is -2.39. The van der Waals surface area contributed by atoms with Crippen molar-refractivity contribution in [2.24, 2.45) is 0 Å². The lowest BCUT2D eigenvalue weighted by molar-refractivity contribution is 0.0286. The third kappa shape index (κ3) is 3.22. The summed E-state index contributed by atoms with van der Waals surface area (Å²) in [5, 5.41) is 3.23. The average Bonchev–Trinajstić information content (AvgIpc) is 3.13. The summed E-state index contributed by atoms with van der Waals surface area (Å²) in [6.45, 7) is 2.84. The number of anilines is 2. The minimum Gasteiger partial charge on any atom is -0.381 e. The molecule has 4 heterocycles. The summed E-state index contributed by atoms with van der Waals surface area (Å²) in [6.07, 6.45) is 11.4. The predicted molar refractivity (Wildman–Crippen MR) is 89.9 cm³/mol. The fraction of sp³-hybridized carbons (Fsp3) is 0.529. The number of ether oxygens (including phenoxy) is 1. The molecule has 7 nitrogen and oxygen atoms in total. The van der Waals surface area contributed by atoms with Gasteiger partial charge in [0.15, 0.2) is 5.82 Å². The predicted octanol–water partition coefficient (Wildman–Crippen LogP) is 2.33. The second-order valence-electron chi connectivity index (χ2n) is 6.23. The monoisotopic (exact) mass is 326 g/mol. The smallest absolute Gasteiger partial charge is 0.228 e. The highest BCUT2D eigenvalue weighted by molar-refractivity contribution is 5.51. The van der Waals surface area contributed by atoms with E-state index >= 15 is 0 Å². The first kappa shape index (κ1) is 15.4. The molecule has 0 bridgehead atoms. The maximum absolute atomic E-state index is 5.52. The molecule has 0 aromatic carbocycles. The largest absolute Gasteiger partial charge is 0.381 e. The summed E-state index contributed by atoms with van der Waals surface area (Å²) >= 11 is 0. The molecular formula is C17H22N6O. The van der Waals surface area contributed by atoms with Gasteiger partial charge < -0.3 is 10.1 Å². The Balaban J connectivity index is 1.58. The van der Waals surface area contributed by atoms with E-state index in [1.54, 1.807) is 30.9 Å². The molecule has 2 saturated heterocycles. The highest BCUT2D eigenvalue weighted by Gasteiger charge is 2.35. The van der Waals surface area contributed by atoms with Gasteiger partial charge in [-0.15, -0.1) is 0 Å². The van der Waals surface area contributed by atoms with Gasteiger partial charge in [-0.3, -0.25) is 9.88 Å². The van der Waals surface area contributed by atoms with E-state index in [2.05, 4.69) is 30.2 Å². The van der Waals surface area contributed by atoms with Crippen LogP contribution in [0, 0.1) is 0 Å². The van der Waals surface area contributed by atoms with Gasteiger partial charge >= 0.3 is 0 Å². The fourth-order valence-electron chi connectivity index (χ4n) is 3.69. The van der Waals surface area contributed by atoms with E-state index in [1.807, 2.05) is 0 Å². The molecule has 2 fully saturated rings. The molecule has 0 amide bonds. The molecule has 126 valence electrons. The first-order valence-electron chi connectivity index (χ1n) is 8.60. The van der Waals surface area contributed by atoms with Gasteiger partial charge in [-0.1, -0.05) is 0 Å². The highest BCUT2D eigenvalue weighted by Crippen LogP contribution is 2.37. The number of nitrogens with one attached hydrogen (secondary N) is 1. The van der Waals surface area contributed by atoms with Gasteiger partial charge in [0.2, 0.25) is 5.95 Å². The summed E-state index contributed by atoms with van der Waals surface area (Å²) in [7, 11) is 0. The minimum atomic E-state index is 0.299. The minimum absolute atomic E-state index is 0.299. The van der Waals surface area contributed by atoms with Crippen LogP contribution in [0.1, 0.15) is 37.4 Å². The number of nitrogens with zero attached hydrogens (tertiary/aromatic N) is 5. The molecule has 0 radical (unpaired) electrons. The molecule has 7 heteroatoms. The van der Waals surface area contributed by atoms with Crippen LogP contribution in [0.25, 0.3) is 0 Å². The molecule has 0 unspecified atom stereocenters. The Labute approximate surface area is 141 Å². The lowest BCUT2D eigenvalue weighted by Gasteiger charge is -2.35. The van der Waals surface area contributed by atoms with Crippen LogP contribution in [0.5, 0.6) is 0 Å². The third-order valence-electron chi connectivity index (χ3n) is 4.79. The van der Waals surface area contributed by atoms with Crippen LogP contribution in [-0.2, 0) is 4.74 Å². The molecule has 2 aromatic heterocycles. The van der Waals surface area contributed by atoms with Crippen LogP contribution in [0.3, 0.4) is 0 Å². The summed E-state index contributed by atoms with van der Waals surface area (Å²) < 4.78 is 5.52. The van der Waals surface area contributed by atoms with Gasteiger partial charge in [-0.05, 0) is 38.3 Å². The zero-order valence-corrected chi connectivity index (χ0v) is 13.6. The summed E-state index contributed by atoms with van der Waals surface area (Å²) in [5.74, 6) is 1.31. The van der Waals surface area contributed by atoms with Crippen LogP contribution in [0.4, 0.5) is 11.8 Å². The molecule has 0 saturated carbocycles. The second-order valence-corrected chi connectivity index (χ2v) is 6.23. The van der Waals surface area contributed by atoms with Crippen molar-refractivity contribution in [3.63, 3.8) is 0 Å². The quantitative estimate of drug-likeness (QED) is 0.924. The first-order chi connectivity index (χ1) is 11.9. The first-order valence-corrected chi connectivity index (χ1v) is 8.60. The molecule has 2 aliphatic rings. The van der Waals surface area contributed by atoms with Crippen molar-refractivity contribution in [1.29, 1.82) is 0 Å². The Morgan fingerprint density at radius 3 is 2.58 bits per heavy atom. The van der Waals surface area contributed by atoms with Gasteiger partial charge in [0.25, 0.3) is 0 Å². The van der Waals surface area contributed by atoms with Crippen molar-refractivity contribution in [2.75, 3.05) is 25.1 Å². The Morgan fingerprint density at radius 1 is 0.958 bits per heavy atom. The number of hydrogen-bond acceptors (Lipinski definition) is 7. The molecular weight excluding hydrogens is 304 g/mol. The maximum atomic E-state index is 5.52. The van der Waals surface area contributed by atoms with Gasteiger partial charge in [0.1, 0.15) is 5.69 Å². The Morgan fingerprint density at radius 2 is 1.75 bits per heavy atom. The molecule has 1 atom stereocenters. The van der Waals surface area contributed by atoms with Crippen LogP contribution < -0.4 is 5.32 Å². The van der Waals surface area contributed by atoms with E-state index in [9.17, 15) is 0 Å². The van der Waals surface area contributed by atoms with Crippen molar-refractivity contribution >= 4 is 11.8 Å². The maximum Gasteiger partial charge on any atom is 0.228 e. The summed E-state index contributed by atoms with van der Waals surface area (Å²) in [6, 6.07) is 2.68. The van der Waals surface area contributed by atoms with E-state index in [0.717, 1.165) is 50.5 Å². The summed E-state index contributed by atoms with van der Waals surface area (Å²) in [5.41, 5.74) is 0.994. The zero-order chi connectivity index (χ0) is 16.2. The zero-order valence-electron chi connectivity index (χ0n) is 13.6. The Bertz CT molecular complexity index is 661. The Kier molecular flexibility index (Phi) is 4.62. The van der Waals surface area contributed by atoms with E-state index in [0.29, 0.717) is 18.0 Å². The van der Waals surface area contributed by atoms with Crippen molar-refractivity contribution in [1.82, 2.24) is 24.8 Å². The third-order valence-corrected chi connectivity index (χ3v) is 4.79. The van der Waals surface area contributed by atoms with E-state index < -0.39 is 0 Å². The van der Waals surface area contributed by atoms with Crippen molar-refractivity contribution < 1.29 is 4.74 Å². The molecule has 24 heavy (non-hydrogen) atoms. The number of aromatic nitrogens is 4. The van der Waals surface area contributed by atoms with Crippen LogP contribution in [0.15, 0.2) is 30.9 Å². The normalized spacial score (nSPS) is 22.6. The second kappa shape index (κ2) is 7.19. The van der Waals surface area contributed by atoms with Crippen molar-refractivity contribution in [3.8, 4) is 0 Å². The molecule has 4 rings (SSSR count). The molecule has 1 N–H and O–H groups in total. The van der Waals surface area contributed by atoms with Gasteiger partial charge in [-0.25, -0.2) is 15.0 Å². The Hall–Kier alpha value is -2.12. The van der Waals surface area contributed by atoms with E-state index in [4.69, 9.17) is 4.74 Å². The van der Waals surface area contributed by atoms with Crippen LogP contribution in [0.2, 0.25) is 0 Å². The van der Waals surface area contributed by atoms with Crippen LogP contribution in [-0.4, -0.2) is 50.6 Å². The molecule has 0 aliphatic carbocycles. The SMILES string of the molecule is c1cnc(Nc2nccnc2[C@H]2CCCN2C2CCOCC2)nc1. The van der Waals surface area contributed by atoms with Gasteiger partial charge in [0, 0.05) is 44.0 Å². The number of likely N-dealkylation sites (tertiary alicyclic amines) is 1.